The molecular formula is C14H27NO5S. The van der Waals surface area contributed by atoms with Gasteiger partial charge in [-0.15, -0.1) is 0 Å². The van der Waals surface area contributed by atoms with E-state index in [-0.39, 0.29) is 25.0 Å². The molecule has 1 saturated heterocycles. The quantitative estimate of drug-likeness (QED) is 0.736. The molecule has 0 spiro atoms. The van der Waals surface area contributed by atoms with Crippen LogP contribution in [0.4, 0.5) is 0 Å². The van der Waals surface area contributed by atoms with Crippen LogP contribution in [0.25, 0.3) is 0 Å². The van der Waals surface area contributed by atoms with Crippen molar-refractivity contribution in [1.29, 1.82) is 0 Å². The Morgan fingerprint density at radius 3 is 2.62 bits per heavy atom. The lowest BCUT2D eigenvalue weighted by atomic mass is 9.77. The van der Waals surface area contributed by atoms with Crippen LogP contribution in [0.5, 0.6) is 0 Å². The molecule has 1 heterocycles. The first-order valence-electron chi connectivity index (χ1n) is 7.56. The zero-order chi connectivity index (χ0) is 16.1. The number of carboxylic acids is 1. The highest BCUT2D eigenvalue weighted by Crippen LogP contribution is 2.36. The molecule has 0 aliphatic carbocycles. The van der Waals surface area contributed by atoms with Gasteiger partial charge in [0.25, 0.3) is 0 Å². The fourth-order valence-electron chi connectivity index (χ4n) is 2.81. The lowest BCUT2D eigenvalue weighted by Crippen LogP contribution is -2.50. The Hall–Kier alpha value is -0.660. The summed E-state index contributed by atoms with van der Waals surface area (Å²) in [6, 6.07) is 0. The van der Waals surface area contributed by atoms with Gasteiger partial charge in [-0.1, -0.05) is 13.3 Å². The van der Waals surface area contributed by atoms with Crippen molar-refractivity contribution in [3.05, 3.63) is 0 Å². The molecule has 1 rings (SSSR count). The monoisotopic (exact) mass is 321 g/mol. The van der Waals surface area contributed by atoms with Crippen molar-refractivity contribution in [3.63, 3.8) is 0 Å². The van der Waals surface area contributed by atoms with Crippen LogP contribution in [-0.4, -0.2) is 55.4 Å². The summed E-state index contributed by atoms with van der Waals surface area (Å²) in [5.41, 5.74) is -0.932. The largest absolute Gasteiger partial charge is 0.481 e. The standard InChI is InChI=1S/C14H27NO5S/c1-4-6-14(13(16)17)7-5-8-15(11-14)21(18,19)10-9-20-12(2)3/h12H,4-11H2,1-3H3,(H,16,17). The van der Waals surface area contributed by atoms with Crippen LogP contribution in [0.1, 0.15) is 46.5 Å². The molecule has 0 aromatic rings. The molecule has 21 heavy (non-hydrogen) atoms. The highest BCUT2D eigenvalue weighted by atomic mass is 32.2. The van der Waals surface area contributed by atoms with Crippen molar-refractivity contribution >= 4 is 16.0 Å². The third-order valence-corrected chi connectivity index (χ3v) is 5.69. The van der Waals surface area contributed by atoms with E-state index in [1.54, 1.807) is 0 Å². The molecule has 1 N–H and O–H groups in total. The number of carbonyl (C=O) groups is 1. The number of aliphatic carboxylic acids is 1. The van der Waals surface area contributed by atoms with Crippen LogP contribution >= 0.6 is 0 Å². The molecule has 0 aromatic heterocycles. The topological polar surface area (TPSA) is 83.9 Å². The normalized spacial score (nSPS) is 24.4. The molecule has 124 valence electrons. The van der Waals surface area contributed by atoms with Crippen molar-refractivity contribution in [1.82, 2.24) is 4.31 Å². The Labute approximate surface area is 127 Å². The number of hydrogen-bond donors (Lipinski definition) is 1. The lowest BCUT2D eigenvalue weighted by molar-refractivity contribution is -0.151. The van der Waals surface area contributed by atoms with Crippen LogP contribution in [0.15, 0.2) is 0 Å². The maximum absolute atomic E-state index is 12.3. The Morgan fingerprint density at radius 1 is 1.43 bits per heavy atom. The molecule has 6 nitrogen and oxygen atoms in total. The Kier molecular flexibility index (Phi) is 6.62. The van der Waals surface area contributed by atoms with Gasteiger partial charge in [0.1, 0.15) is 0 Å². The average Bonchev–Trinajstić information content (AvgIpc) is 2.38. The van der Waals surface area contributed by atoms with Crippen LogP contribution in [0, 0.1) is 5.41 Å². The van der Waals surface area contributed by atoms with E-state index in [9.17, 15) is 18.3 Å². The van der Waals surface area contributed by atoms with E-state index in [0.29, 0.717) is 25.8 Å². The van der Waals surface area contributed by atoms with Gasteiger partial charge in [-0.3, -0.25) is 4.79 Å². The average molecular weight is 321 g/mol. The van der Waals surface area contributed by atoms with Gasteiger partial charge in [0.2, 0.25) is 10.0 Å². The second kappa shape index (κ2) is 7.56. The highest BCUT2D eigenvalue weighted by molar-refractivity contribution is 7.89. The summed E-state index contributed by atoms with van der Waals surface area (Å²) in [5.74, 6) is -0.977. The van der Waals surface area contributed by atoms with E-state index >= 15 is 0 Å². The SMILES string of the molecule is CCCC1(C(=O)O)CCCN(S(=O)(=O)CCOC(C)C)C1. The number of nitrogens with zero attached hydrogens (tertiary/aromatic N) is 1. The van der Waals surface area contributed by atoms with E-state index in [2.05, 4.69) is 0 Å². The summed E-state index contributed by atoms with van der Waals surface area (Å²) >= 11 is 0. The highest BCUT2D eigenvalue weighted by Gasteiger charge is 2.44. The summed E-state index contributed by atoms with van der Waals surface area (Å²) in [7, 11) is -3.46. The van der Waals surface area contributed by atoms with Crippen molar-refractivity contribution in [3.8, 4) is 0 Å². The fraction of sp³-hybridized carbons (Fsp3) is 0.929. The fourth-order valence-corrected chi connectivity index (χ4v) is 4.23. The van der Waals surface area contributed by atoms with Gasteiger partial charge in [-0.2, -0.15) is 0 Å². The molecule has 7 heteroatoms. The van der Waals surface area contributed by atoms with E-state index in [1.165, 1.54) is 4.31 Å². The first kappa shape index (κ1) is 18.4. The molecule has 1 fully saturated rings. The Balaban J connectivity index is 2.76. The zero-order valence-corrected chi connectivity index (χ0v) is 14.0. The van der Waals surface area contributed by atoms with Gasteiger partial charge in [0, 0.05) is 13.1 Å². The summed E-state index contributed by atoms with van der Waals surface area (Å²) in [6.07, 6.45) is 2.37. The van der Waals surface area contributed by atoms with Crippen molar-refractivity contribution in [2.75, 3.05) is 25.4 Å². The second-order valence-electron chi connectivity index (χ2n) is 6.01. The zero-order valence-electron chi connectivity index (χ0n) is 13.2. The number of sulfonamides is 1. The second-order valence-corrected chi connectivity index (χ2v) is 8.10. The minimum Gasteiger partial charge on any atom is -0.481 e. The maximum atomic E-state index is 12.3. The molecule has 0 bridgehead atoms. The van der Waals surface area contributed by atoms with Gasteiger partial charge < -0.3 is 9.84 Å². The molecular weight excluding hydrogens is 294 g/mol. The summed E-state index contributed by atoms with van der Waals surface area (Å²) in [4.78, 5) is 11.6. The van der Waals surface area contributed by atoms with Gasteiger partial charge >= 0.3 is 5.97 Å². The van der Waals surface area contributed by atoms with Gasteiger partial charge in [0.15, 0.2) is 0 Å². The first-order chi connectivity index (χ1) is 9.73. The maximum Gasteiger partial charge on any atom is 0.310 e. The molecule has 1 aliphatic rings. The Bertz CT molecular complexity index is 444. The summed E-state index contributed by atoms with van der Waals surface area (Å²) in [6.45, 7) is 6.26. The number of piperidine rings is 1. The van der Waals surface area contributed by atoms with Gasteiger partial charge in [-0.05, 0) is 33.1 Å². The van der Waals surface area contributed by atoms with Crippen LogP contribution in [0.2, 0.25) is 0 Å². The number of rotatable bonds is 8. The lowest BCUT2D eigenvalue weighted by Gasteiger charge is -2.39. The number of carboxylic acid groups (broad SMARTS) is 1. The summed E-state index contributed by atoms with van der Waals surface area (Å²) in [5, 5.41) is 9.51. The Morgan fingerprint density at radius 2 is 2.10 bits per heavy atom. The van der Waals surface area contributed by atoms with E-state index in [0.717, 1.165) is 6.42 Å². The number of ether oxygens (including phenoxy) is 1. The van der Waals surface area contributed by atoms with Crippen molar-refractivity contribution in [2.45, 2.75) is 52.6 Å². The first-order valence-corrected chi connectivity index (χ1v) is 9.17. The third kappa shape index (κ3) is 4.93. The molecule has 1 unspecified atom stereocenters. The minimum absolute atomic E-state index is 0.0141. The van der Waals surface area contributed by atoms with Gasteiger partial charge in [-0.25, -0.2) is 12.7 Å². The van der Waals surface area contributed by atoms with Crippen LogP contribution in [0.3, 0.4) is 0 Å². The van der Waals surface area contributed by atoms with E-state index in [4.69, 9.17) is 4.74 Å². The molecule has 1 atom stereocenters. The molecule has 0 amide bonds. The minimum atomic E-state index is -3.46. The smallest absolute Gasteiger partial charge is 0.310 e. The van der Waals surface area contributed by atoms with Crippen LogP contribution in [-0.2, 0) is 19.6 Å². The van der Waals surface area contributed by atoms with Crippen molar-refractivity contribution in [2.24, 2.45) is 5.41 Å². The van der Waals surface area contributed by atoms with Gasteiger partial charge in [0.05, 0.1) is 23.9 Å². The predicted octanol–water partition coefficient (Wildman–Crippen LogP) is 1.71. The molecule has 1 aliphatic heterocycles. The molecule has 0 saturated carbocycles. The van der Waals surface area contributed by atoms with E-state index in [1.807, 2.05) is 20.8 Å². The predicted molar refractivity (Wildman–Crippen MR) is 80.7 cm³/mol. The molecule has 0 aromatic carbocycles. The van der Waals surface area contributed by atoms with Crippen LogP contribution < -0.4 is 0 Å². The summed E-state index contributed by atoms with van der Waals surface area (Å²) < 4.78 is 31.3. The third-order valence-electron chi connectivity index (χ3n) is 3.91. The molecule has 0 radical (unpaired) electrons. The number of hydrogen-bond acceptors (Lipinski definition) is 4. The van der Waals surface area contributed by atoms with E-state index < -0.39 is 21.4 Å². The van der Waals surface area contributed by atoms with Crippen molar-refractivity contribution < 1.29 is 23.1 Å².